The fourth-order valence-electron chi connectivity index (χ4n) is 6.40. The van der Waals surface area contributed by atoms with Gasteiger partial charge in [0.2, 0.25) is 5.89 Å². The van der Waals surface area contributed by atoms with Gasteiger partial charge in [0.05, 0.1) is 36.2 Å². The van der Waals surface area contributed by atoms with Crippen LogP contribution in [-0.4, -0.2) is 51.5 Å². The minimum absolute atomic E-state index is 0.0162. The van der Waals surface area contributed by atoms with Crippen LogP contribution in [0.3, 0.4) is 0 Å². The van der Waals surface area contributed by atoms with Gasteiger partial charge in [-0.15, -0.1) is 11.3 Å². The lowest BCUT2D eigenvalue weighted by atomic mass is 10.0. The molecular weight excluding hydrogens is 560 g/mol. The van der Waals surface area contributed by atoms with Crippen LogP contribution in [-0.2, 0) is 21.6 Å². The van der Waals surface area contributed by atoms with Crippen LogP contribution in [0.25, 0.3) is 21.0 Å². The number of hydrogen-bond donors (Lipinski definition) is 2. The average Bonchev–Trinajstić information content (AvgIpc) is 3.75. The molecule has 42 heavy (non-hydrogen) atoms. The molecule has 3 atom stereocenters. The van der Waals surface area contributed by atoms with E-state index in [1.165, 1.54) is 42.2 Å². The number of hydrogen-bond acceptors (Lipinski definition) is 9. The molecule has 0 radical (unpaired) electrons. The van der Waals surface area contributed by atoms with Gasteiger partial charge in [0.15, 0.2) is 0 Å². The number of para-hydroxylation sites is 1. The fraction of sp³-hybridized carbons (Fsp3) is 0.467. The summed E-state index contributed by atoms with van der Waals surface area (Å²) in [4.78, 5) is 45.7. The van der Waals surface area contributed by atoms with Crippen LogP contribution < -0.4 is 21.3 Å². The lowest BCUT2D eigenvalue weighted by Gasteiger charge is -2.27. The van der Waals surface area contributed by atoms with E-state index in [0.29, 0.717) is 38.7 Å². The van der Waals surface area contributed by atoms with Crippen molar-refractivity contribution >= 4 is 27.5 Å². The number of nitrogens with one attached hydrogen (secondary N) is 1. The minimum atomic E-state index is -1.81. The molecule has 1 saturated heterocycles. The first-order chi connectivity index (χ1) is 20.1. The highest BCUT2D eigenvalue weighted by Gasteiger charge is 2.40. The van der Waals surface area contributed by atoms with Crippen molar-refractivity contribution in [3.63, 3.8) is 0 Å². The smallest absolute Gasteiger partial charge is 0.333 e. The molecule has 2 N–H and O–H groups in total. The van der Waals surface area contributed by atoms with Gasteiger partial charge < -0.3 is 24.3 Å². The highest BCUT2D eigenvalue weighted by Crippen LogP contribution is 2.41. The number of carboxylic acid groups (broad SMARTS) is 1. The number of methoxy groups -OCH3 is 1. The molecule has 0 amide bonds. The molecule has 4 aromatic rings. The van der Waals surface area contributed by atoms with Gasteiger partial charge in [-0.1, -0.05) is 18.2 Å². The average molecular weight is 595 g/mol. The van der Waals surface area contributed by atoms with E-state index < -0.39 is 28.9 Å². The number of nitrogens with zero attached hydrogens (tertiary/aromatic N) is 3. The van der Waals surface area contributed by atoms with Crippen LogP contribution in [0.4, 0.5) is 0 Å². The summed E-state index contributed by atoms with van der Waals surface area (Å²) < 4.78 is 20.3. The molecule has 222 valence electrons. The summed E-state index contributed by atoms with van der Waals surface area (Å²) in [6.45, 7) is 6.44. The molecule has 4 heterocycles. The standard InChI is InChI=1S/C30H34N4O7S/c1-16-23-26(35)34(30(2,3)28(36)37)29(38)33(27(23)42-24(16)25-32-9-10-40-25)15-22(20-7-5-6-8-21(20)39-4)41-19-11-17-13-31-14-18(17)12-19/h5-10,17-19,22,31H,11-15H2,1-4H3,(H,36,37)/t17-,18-,22+/m0/s1. The molecule has 2 aliphatic rings. The van der Waals surface area contributed by atoms with Crippen molar-refractivity contribution in [2.75, 3.05) is 20.2 Å². The first kappa shape index (κ1) is 28.4. The molecule has 1 saturated carbocycles. The molecule has 0 spiro atoms. The van der Waals surface area contributed by atoms with E-state index in [1.54, 1.807) is 14.0 Å². The Morgan fingerprint density at radius 2 is 1.95 bits per heavy atom. The van der Waals surface area contributed by atoms with Crippen LogP contribution in [0.2, 0.25) is 0 Å². The van der Waals surface area contributed by atoms with Crippen molar-refractivity contribution < 1.29 is 23.8 Å². The zero-order valence-electron chi connectivity index (χ0n) is 24.0. The SMILES string of the molecule is COc1ccccc1[C@@H](Cn1c(=O)n(C(C)(C)C(=O)O)c(=O)c2c(C)c(-c3ncco3)sc21)OC1C[C@H]2CNC[C@@H]2C1. The Labute approximate surface area is 245 Å². The number of carbonyl (C=O) groups is 1. The Bertz CT molecular complexity index is 1740. The van der Waals surface area contributed by atoms with Gasteiger partial charge >= 0.3 is 11.7 Å². The van der Waals surface area contributed by atoms with Crippen molar-refractivity contribution in [3.05, 3.63) is 68.7 Å². The summed E-state index contributed by atoms with van der Waals surface area (Å²) in [7, 11) is 1.59. The highest BCUT2D eigenvalue weighted by atomic mass is 32.1. The number of aliphatic carboxylic acids is 1. The Hall–Kier alpha value is -3.74. The van der Waals surface area contributed by atoms with Gasteiger partial charge in [0, 0.05) is 5.56 Å². The Morgan fingerprint density at radius 3 is 2.60 bits per heavy atom. The Morgan fingerprint density at radius 1 is 1.24 bits per heavy atom. The van der Waals surface area contributed by atoms with Crippen molar-refractivity contribution in [2.45, 2.75) is 57.9 Å². The summed E-state index contributed by atoms with van der Waals surface area (Å²) in [5.74, 6) is 0.735. The molecule has 0 bridgehead atoms. The Kier molecular flexibility index (Phi) is 7.32. The van der Waals surface area contributed by atoms with Crippen LogP contribution in [0.1, 0.15) is 43.9 Å². The second kappa shape index (κ2) is 10.8. The number of fused-ring (bicyclic) bond motifs is 2. The molecule has 1 aromatic carbocycles. The van der Waals surface area contributed by atoms with Crippen molar-refractivity contribution in [2.24, 2.45) is 11.8 Å². The summed E-state index contributed by atoms with van der Waals surface area (Å²) >= 11 is 1.22. The fourth-order valence-corrected chi connectivity index (χ4v) is 7.64. The molecule has 3 aromatic heterocycles. The topological polar surface area (TPSA) is 138 Å². The highest BCUT2D eigenvalue weighted by molar-refractivity contribution is 7.22. The normalized spacial score (nSPS) is 19.8. The zero-order valence-corrected chi connectivity index (χ0v) is 24.8. The van der Waals surface area contributed by atoms with E-state index in [2.05, 4.69) is 10.3 Å². The summed E-state index contributed by atoms with van der Waals surface area (Å²) in [5, 5.41) is 13.8. The molecule has 1 aliphatic carbocycles. The number of carboxylic acids is 1. The van der Waals surface area contributed by atoms with E-state index in [-0.39, 0.29) is 18.0 Å². The lowest BCUT2D eigenvalue weighted by Crippen LogP contribution is -2.52. The van der Waals surface area contributed by atoms with Crippen LogP contribution in [0, 0.1) is 18.8 Å². The van der Waals surface area contributed by atoms with Crippen LogP contribution >= 0.6 is 11.3 Å². The second-order valence-electron chi connectivity index (χ2n) is 11.6. The van der Waals surface area contributed by atoms with E-state index in [4.69, 9.17) is 13.9 Å². The van der Waals surface area contributed by atoms with Crippen molar-refractivity contribution in [3.8, 4) is 16.5 Å². The quantitative estimate of drug-likeness (QED) is 0.297. The van der Waals surface area contributed by atoms with Gasteiger partial charge in [0.25, 0.3) is 5.56 Å². The maximum atomic E-state index is 14.2. The summed E-state index contributed by atoms with van der Waals surface area (Å²) in [6, 6.07) is 7.53. The number of thiophene rings is 1. The van der Waals surface area contributed by atoms with Crippen LogP contribution in [0.5, 0.6) is 5.75 Å². The number of ether oxygens (including phenoxy) is 2. The monoisotopic (exact) mass is 594 g/mol. The van der Waals surface area contributed by atoms with Crippen LogP contribution in [0.15, 0.2) is 50.7 Å². The van der Waals surface area contributed by atoms with Gasteiger partial charge in [0.1, 0.15) is 28.5 Å². The molecule has 12 heteroatoms. The predicted molar refractivity (Wildman–Crippen MR) is 157 cm³/mol. The van der Waals surface area contributed by atoms with E-state index >= 15 is 0 Å². The molecule has 2 fully saturated rings. The first-order valence-electron chi connectivity index (χ1n) is 14.0. The maximum absolute atomic E-state index is 14.2. The maximum Gasteiger partial charge on any atom is 0.333 e. The number of oxazole rings is 1. The number of benzene rings is 1. The predicted octanol–water partition coefficient (Wildman–Crippen LogP) is 3.77. The Balaban J connectivity index is 1.54. The third-order valence-electron chi connectivity index (χ3n) is 8.72. The van der Waals surface area contributed by atoms with Gasteiger partial charge in [-0.05, 0) is 70.2 Å². The largest absolute Gasteiger partial charge is 0.496 e. The van der Waals surface area contributed by atoms with Gasteiger partial charge in [-0.3, -0.25) is 9.36 Å². The van der Waals surface area contributed by atoms with Crippen molar-refractivity contribution in [1.82, 2.24) is 19.4 Å². The summed E-state index contributed by atoms with van der Waals surface area (Å²) in [6.07, 6.45) is 4.14. The summed E-state index contributed by atoms with van der Waals surface area (Å²) in [5.41, 5.74) is -1.87. The third kappa shape index (κ3) is 4.67. The third-order valence-corrected chi connectivity index (χ3v) is 10.0. The van der Waals surface area contributed by atoms with Gasteiger partial charge in [-0.2, -0.15) is 0 Å². The number of rotatable bonds is 9. The minimum Gasteiger partial charge on any atom is -0.496 e. The van der Waals surface area contributed by atoms with E-state index in [1.807, 2.05) is 24.3 Å². The van der Waals surface area contributed by atoms with E-state index in [9.17, 15) is 19.5 Å². The van der Waals surface area contributed by atoms with Gasteiger partial charge in [-0.25, -0.2) is 19.1 Å². The molecule has 6 rings (SSSR count). The molecule has 11 nitrogen and oxygen atoms in total. The lowest BCUT2D eigenvalue weighted by molar-refractivity contribution is -0.146. The van der Waals surface area contributed by atoms with E-state index in [0.717, 1.165) is 36.1 Å². The van der Waals surface area contributed by atoms with Crippen molar-refractivity contribution in [1.29, 1.82) is 0 Å². The molecular formula is C30H34N4O7S. The first-order valence-corrected chi connectivity index (χ1v) is 14.8. The molecule has 0 unspecified atom stereocenters. The second-order valence-corrected chi connectivity index (χ2v) is 12.6. The molecule has 1 aliphatic heterocycles. The number of aromatic nitrogens is 3. The number of aryl methyl sites for hydroxylation is 1. The zero-order chi connectivity index (χ0) is 29.8.